The maximum atomic E-state index is 9.75. The second-order valence-electron chi connectivity index (χ2n) is 3.59. The van der Waals surface area contributed by atoms with Gasteiger partial charge in [-0.3, -0.25) is 0 Å². The molecule has 0 aliphatic carbocycles. The molecular weight excluding hydrogens is 216 g/mol. The van der Waals surface area contributed by atoms with Crippen molar-refractivity contribution in [3.8, 4) is 22.9 Å². The SMILES string of the molecule is COc1nc(-c2ccccc2O)ccc1CN. The van der Waals surface area contributed by atoms with Crippen molar-refractivity contribution in [2.24, 2.45) is 5.73 Å². The summed E-state index contributed by atoms with van der Waals surface area (Å²) in [5.74, 6) is 0.691. The van der Waals surface area contributed by atoms with Gasteiger partial charge in [-0.15, -0.1) is 0 Å². The van der Waals surface area contributed by atoms with E-state index in [1.165, 1.54) is 0 Å². The molecule has 0 saturated heterocycles. The van der Waals surface area contributed by atoms with E-state index < -0.39 is 0 Å². The predicted molar refractivity (Wildman–Crippen MR) is 65.8 cm³/mol. The van der Waals surface area contributed by atoms with Crippen LogP contribution in [-0.2, 0) is 6.54 Å². The lowest BCUT2D eigenvalue weighted by molar-refractivity contribution is 0.393. The van der Waals surface area contributed by atoms with Gasteiger partial charge in [-0.1, -0.05) is 18.2 Å². The predicted octanol–water partition coefficient (Wildman–Crippen LogP) is 1.92. The summed E-state index contributed by atoms with van der Waals surface area (Å²) >= 11 is 0. The molecule has 1 aromatic carbocycles. The normalized spacial score (nSPS) is 10.2. The summed E-state index contributed by atoms with van der Waals surface area (Å²) in [6, 6.07) is 10.7. The summed E-state index contributed by atoms with van der Waals surface area (Å²) in [7, 11) is 1.55. The zero-order valence-corrected chi connectivity index (χ0v) is 9.55. The number of phenols is 1. The van der Waals surface area contributed by atoms with Crippen molar-refractivity contribution in [2.75, 3.05) is 7.11 Å². The van der Waals surface area contributed by atoms with Gasteiger partial charge in [-0.05, 0) is 18.2 Å². The number of para-hydroxylation sites is 1. The lowest BCUT2D eigenvalue weighted by Crippen LogP contribution is -2.02. The summed E-state index contributed by atoms with van der Waals surface area (Å²) in [6.45, 7) is 0.372. The highest BCUT2D eigenvalue weighted by atomic mass is 16.5. The monoisotopic (exact) mass is 230 g/mol. The number of ether oxygens (including phenoxy) is 1. The number of benzene rings is 1. The molecule has 0 bridgehead atoms. The first-order valence-electron chi connectivity index (χ1n) is 5.28. The molecule has 0 aliphatic heterocycles. The van der Waals surface area contributed by atoms with E-state index >= 15 is 0 Å². The van der Waals surface area contributed by atoms with Crippen LogP contribution in [0.4, 0.5) is 0 Å². The highest BCUT2D eigenvalue weighted by molar-refractivity contribution is 5.67. The van der Waals surface area contributed by atoms with Crippen molar-refractivity contribution in [2.45, 2.75) is 6.54 Å². The Kier molecular flexibility index (Phi) is 3.25. The van der Waals surface area contributed by atoms with Gasteiger partial charge in [-0.25, -0.2) is 4.98 Å². The standard InChI is InChI=1S/C13H14N2O2/c1-17-13-9(8-14)6-7-11(15-13)10-4-2-3-5-12(10)16/h2-7,16H,8,14H2,1H3. The summed E-state index contributed by atoms with van der Waals surface area (Å²) in [4.78, 5) is 4.33. The minimum atomic E-state index is 0.197. The van der Waals surface area contributed by atoms with Gasteiger partial charge < -0.3 is 15.6 Å². The molecular formula is C13H14N2O2. The van der Waals surface area contributed by atoms with Gasteiger partial charge in [0.2, 0.25) is 5.88 Å². The Morgan fingerprint density at radius 3 is 2.65 bits per heavy atom. The lowest BCUT2D eigenvalue weighted by atomic mass is 10.1. The van der Waals surface area contributed by atoms with E-state index in [9.17, 15) is 5.11 Å². The Labute approximate surface area is 99.7 Å². The maximum Gasteiger partial charge on any atom is 0.218 e. The van der Waals surface area contributed by atoms with E-state index in [4.69, 9.17) is 10.5 Å². The van der Waals surface area contributed by atoms with Crippen LogP contribution >= 0.6 is 0 Å². The highest BCUT2D eigenvalue weighted by Crippen LogP contribution is 2.29. The summed E-state index contributed by atoms with van der Waals surface area (Å²) in [5.41, 5.74) is 7.75. The van der Waals surface area contributed by atoms with Crippen molar-refractivity contribution >= 4 is 0 Å². The molecule has 0 radical (unpaired) electrons. The van der Waals surface area contributed by atoms with Crippen LogP contribution < -0.4 is 10.5 Å². The molecule has 0 aliphatic rings. The second kappa shape index (κ2) is 4.84. The second-order valence-corrected chi connectivity index (χ2v) is 3.59. The van der Waals surface area contributed by atoms with E-state index in [0.29, 0.717) is 23.7 Å². The molecule has 0 atom stereocenters. The molecule has 2 rings (SSSR count). The number of methoxy groups -OCH3 is 1. The van der Waals surface area contributed by atoms with E-state index in [1.54, 1.807) is 25.3 Å². The fraction of sp³-hybridized carbons (Fsp3) is 0.154. The van der Waals surface area contributed by atoms with Gasteiger partial charge >= 0.3 is 0 Å². The van der Waals surface area contributed by atoms with Gasteiger partial charge in [0.05, 0.1) is 12.8 Å². The topological polar surface area (TPSA) is 68.4 Å². The minimum Gasteiger partial charge on any atom is -0.507 e. The molecule has 0 saturated carbocycles. The summed E-state index contributed by atoms with van der Waals surface area (Å²) < 4.78 is 5.17. The Bertz CT molecular complexity index is 527. The van der Waals surface area contributed by atoms with Crippen LogP contribution in [0.1, 0.15) is 5.56 Å². The fourth-order valence-electron chi connectivity index (χ4n) is 1.64. The molecule has 0 fully saturated rings. The molecule has 4 nitrogen and oxygen atoms in total. The number of rotatable bonds is 3. The zero-order chi connectivity index (χ0) is 12.3. The third-order valence-electron chi connectivity index (χ3n) is 2.53. The van der Waals surface area contributed by atoms with Crippen molar-refractivity contribution in [1.82, 2.24) is 4.98 Å². The van der Waals surface area contributed by atoms with Crippen LogP contribution in [0, 0.1) is 0 Å². The largest absolute Gasteiger partial charge is 0.507 e. The van der Waals surface area contributed by atoms with E-state index in [1.807, 2.05) is 18.2 Å². The van der Waals surface area contributed by atoms with Crippen LogP contribution in [0.15, 0.2) is 36.4 Å². The number of hydrogen-bond acceptors (Lipinski definition) is 4. The molecule has 0 amide bonds. The molecule has 0 unspecified atom stereocenters. The van der Waals surface area contributed by atoms with Crippen molar-refractivity contribution in [3.05, 3.63) is 42.0 Å². The van der Waals surface area contributed by atoms with E-state index in [-0.39, 0.29) is 5.75 Å². The molecule has 2 aromatic rings. The van der Waals surface area contributed by atoms with E-state index in [2.05, 4.69) is 4.98 Å². The summed E-state index contributed by atoms with van der Waals surface area (Å²) in [5, 5.41) is 9.75. The van der Waals surface area contributed by atoms with E-state index in [0.717, 1.165) is 5.56 Å². The van der Waals surface area contributed by atoms with Gasteiger partial charge in [0, 0.05) is 17.7 Å². The average molecular weight is 230 g/mol. The Balaban J connectivity index is 2.50. The third kappa shape index (κ3) is 2.21. The highest BCUT2D eigenvalue weighted by Gasteiger charge is 2.09. The number of aromatic nitrogens is 1. The quantitative estimate of drug-likeness (QED) is 0.845. The van der Waals surface area contributed by atoms with Crippen molar-refractivity contribution in [3.63, 3.8) is 0 Å². The first-order chi connectivity index (χ1) is 8.26. The van der Waals surface area contributed by atoms with Crippen LogP contribution in [0.25, 0.3) is 11.3 Å². The number of nitrogens with zero attached hydrogens (tertiary/aromatic N) is 1. The van der Waals surface area contributed by atoms with Crippen molar-refractivity contribution < 1.29 is 9.84 Å². The number of nitrogens with two attached hydrogens (primary N) is 1. The van der Waals surface area contributed by atoms with Crippen molar-refractivity contribution in [1.29, 1.82) is 0 Å². The molecule has 0 spiro atoms. The Hall–Kier alpha value is -2.07. The smallest absolute Gasteiger partial charge is 0.218 e. The van der Waals surface area contributed by atoms with Gasteiger partial charge in [-0.2, -0.15) is 0 Å². The molecule has 1 aromatic heterocycles. The van der Waals surface area contributed by atoms with Gasteiger partial charge in [0.1, 0.15) is 5.75 Å². The molecule has 3 N–H and O–H groups in total. The number of aromatic hydroxyl groups is 1. The molecule has 17 heavy (non-hydrogen) atoms. The third-order valence-corrected chi connectivity index (χ3v) is 2.53. The Morgan fingerprint density at radius 2 is 2.00 bits per heavy atom. The first kappa shape index (κ1) is 11.4. The maximum absolute atomic E-state index is 9.75. The van der Waals surface area contributed by atoms with Crippen LogP contribution in [0.3, 0.4) is 0 Å². The molecule has 88 valence electrons. The lowest BCUT2D eigenvalue weighted by Gasteiger charge is -2.09. The number of phenolic OH excluding ortho intramolecular Hbond substituents is 1. The molecule has 1 heterocycles. The van der Waals surface area contributed by atoms with Gasteiger partial charge in [0.15, 0.2) is 0 Å². The van der Waals surface area contributed by atoms with Crippen LogP contribution in [0.2, 0.25) is 0 Å². The zero-order valence-electron chi connectivity index (χ0n) is 9.55. The Morgan fingerprint density at radius 1 is 1.24 bits per heavy atom. The minimum absolute atomic E-state index is 0.197. The average Bonchev–Trinajstić information content (AvgIpc) is 2.38. The van der Waals surface area contributed by atoms with Crippen LogP contribution in [-0.4, -0.2) is 17.2 Å². The van der Waals surface area contributed by atoms with Gasteiger partial charge in [0.25, 0.3) is 0 Å². The molecule has 4 heteroatoms. The fourth-order valence-corrected chi connectivity index (χ4v) is 1.64. The summed E-state index contributed by atoms with van der Waals surface area (Å²) in [6.07, 6.45) is 0. The number of pyridine rings is 1. The number of hydrogen-bond donors (Lipinski definition) is 2. The first-order valence-corrected chi connectivity index (χ1v) is 5.28. The van der Waals surface area contributed by atoms with Crippen LogP contribution in [0.5, 0.6) is 11.6 Å².